The predicted octanol–water partition coefficient (Wildman–Crippen LogP) is -2.03. The Labute approximate surface area is 47.6 Å². The smallest absolute Gasteiger partial charge is 0.790 e. The molecule has 0 bridgehead atoms. The first-order valence-electron chi connectivity index (χ1n) is 0.748. The predicted molar refractivity (Wildman–Crippen MR) is 22.2 cm³/mol. The standard InChI is InChI=1S/H3N.H3O4P.S/c;1-5(2,3)4;/h1H3;(H3,1,2,3,4);/q;;+2/p-2. The molecule has 0 atom stereocenters. The van der Waals surface area contributed by atoms with Gasteiger partial charge in [-0.05, 0) is 0 Å². The van der Waals surface area contributed by atoms with Gasteiger partial charge >= 0.3 is 13.5 Å². The van der Waals surface area contributed by atoms with Crippen LogP contribution in [0, 0.1) is 0 Å². The second kappa shape index (κ2) is 4.58. The first kappa shape index (κ1) is 15.7. The SMILES string of the molecule is N.O=P([O-])([O-])O.[S+2]. The highest BCUT2D eigenvalue weighted by Crippen LogP contribution is 2.11. The van der Waals surface area contributed by atoms with Crippen LogP contribution in [0.1, 0.15) is 0 Å². The summed E-state index contributed by atoms with van der Waals surface area (Å²) in [5.74, 6) is 0. The maximum atomic E-state index is 8.66. The maximum Gasteiger partial charge on any atom is 2.00 e. The fraction of sp³-hybridized carbons (Fsp3) is 0. The highest BCUT2D eigenvalue weighted by molar-refractivity contribution is 7.42. The molecule has 0 aromatic carbocycles. The number of rotatable bonds is 0. The lowest BCUT2D eigenvalue weighted by Gasteiger charge is -2.19. The van der Waals surface area contributed by atoms with Crippen LogP contribution in [0.15, 0.2) is 0 Å². The fourth-order valence-electron chi connectivity index (χ4n) is 0. The molecule has 0 aliphatic rings. The Morgan fingerprint density at radius 3 is 1.43 bits per heavy atom. The van der Waals surface area contributed by atoms with Crippen LogP contribution in [0.2, 0.25) is 0 Å². The van der Waals surface area contributed by atoms with Crippen molar-refractivity contribution in [2.75, 3.05) is 0 Å². The van der Waals surface area contributed by atoms with E-state index in [0.29, 0.717) is 0 Å². The summed E-state index contributed by atoms with van der Waals surface area (Å²) in [5, 5.41) is 0. The molecule has 4 N–H and O–H groups in total. The fourth-order valence-corrected chi connectivity index (χ4v) is 0. The van der Waals surface area contributed by atoms with Crippen LogP contribution >= 0.6 is 7.82 Å². The quantitative estimate of drug-likeness (QED) is 0.381. The zero-order valence-corrected chi connectivity index (χ0v) is 4.95. The van der Waals surface area contributed by atoms with Gasteiger partial charge in [-0.1, -0.05) is 0 Å². The summed E-state index contributed by atoms with van der Waals surface area (Å²) in [7, 11) is -5.14. The molecule has 0 fully saturated rings. The van der Waals surface area contributed by atoms with Crippen LogP contribution in [0.3, 0.4) is 0 Å². The van der Waals surface area contributed by atoms with Crippen molar-refractivity contribution in [1.29, 1.82) is 0 Å². The van der Waals surface area contributed by atoms with Gasteiger partial charge in [-0.3, -0.25) is 0 Å². The van der Waals surface area contributed by atoms with E-state index in [9.17, 15) is 0 Å². The van der Waals surface area contributed by atoms with Crippen molar-refractivity contribution in [3.63, 3.8) is 0 Å². The Balaban J connectivity index is -0.0000000800. The third-order valence-corrected chi connectivity index (χ3v) is 0. The minimum atomic E-state index is -5.14. The van der Waals surface area contributed by atoms with Crippen LogP contribution in [0.5, 0.6) is 0 Å². The molecule has 7 heavy (non-hydrogen) atoms. The van der Waals surface area contributed by atoms with Gasteiger partial charge in [-0.15, -0.1) is 0 Å². The first-order chi connectivity index (χ1) is 2.00. The van der Waals surface area contributed by atoms with E-state index in [2.05, 4.69) is 0 Å². The van der Waals surface area contributed by atoms with E-state index in [4.69, 9.17) is 19.2 Å². The number of hydrogen-bond acceptors (Lipinski definition) is 4. The third kappa shape index (κ3) is 711. The van der Waals surface area contributed by atoms with Gasteiger partial charge in [0.15, 0.2) is 0 Å². The zero-order valence-electron chi connectivity index (χ0n) is 3.23. The van der Waals surface area contributed by atoms with E-state index < -0.39 is 7.82 Å². The van der Waals surface area contributed by atoms with Crippen molar-refractivity contribution < 1.29 is 19.2 Å². The molecule has 0 aliphatic carbocycles. The van der Waals surface area contributed by atoms with Gasteiger partial charge in [-0.25, -0.2) is 0 Å². The number of hydrogen-bond donors (Lipinski definition) is 2. The summed E-state index contributed by atoms with van der Waals surface area (Å²) in [6.07, 6.45) is 0. The van der Waals surface area contributed by atoms with E-state index in [1.165, 1.54) is 0 Å². The molecule has 44 valence electrons. The van der Waals surface area contributed by atoms with Crippen molar-refractivity contribution in [1.82, 2.24) is 6.15 Å². The van der Waals surface area contributed by atoms with Crippen LogP contribution in [0.25, 0.3) is 0 Å². The summed E-state index contributed by atoms with van der Waals surface area (Å²) in [4.78, 5) is 24.3. The third-order valence-electron chi connectivity index (χ3n) is 0. The molecule has 0 saturated heterocycles. The summed E-state index contributed by atoms with van der Waals surface area (Å²) < 4.78 is 8.66. The van der Waals surface area contributed by atoms with Gasteiger partial charge in [0.2, 0.25) is 0 Å². The van der Waals surface area contributed by atoms with E-state index in [0.717, 1.165) is 0 Å². The molecule has 0 unspecified atom stereocenters. The van der Waals surface area contributed by atoms with Crippen molar-refractivity contribution in [3.8, 4) is 0 Å². The van der Waals surface area contributed by atoms with Gasteiger partial charge in [0.25, 0.3) is 0 Å². The van der Waals surface area contributed by atoms with E-state index in [1.54, 1.807) is 0 Å². The minimum absolute atomic E-state index is 0. The largest absolute Gasteiger partial charge is 2.00 e. The number of phosphoric acid groups is 1. The molecule has 0 aromatic heterocycles. The normalized spacial score (nSPS) is 8.43. The molecule has 0 heterocycles. The van der Waals surface area contributed by atoms with Crippen molar-refractivity contribution in [3.05, 3.63) is 0 Å². The lowest BCUT2D eigenvalue weighted by Crippen LogP contribution is -2.11. The van der Waals surface area contributed by atoms with Crippen molar-refractivity contribution >= 4 is 21.3 Å². The Morgan fingerprint density at radius 1 is 1.43 bits per heavy atom. The highest BCUT2D eigenvalue weighted by atomic mass is 32.1. The van der Waals surface area contributed by atoms with Crippen LogP contribution < -0.4 is 15.9 Å². The van der Waals surface area contributed by atoms with Gasteiger partial charge in [0.05, 0.1) is 7.82 Å². The van der Waals surface area contributed by atoms with Gasteiger partial charge < -0.3 is 25.4 Å². The first-order valence-corrected chi connectivity index (χ1v) is 2.24. The van der Waals surface area contributed by atoms with Crippen molar-refractivity contribution in [2.24, 2.45) is 0 Å². The van der Waals surface area contributed by atoms with Gasteiger partial charge in [0.1, 0.15) is 0 Å². The van der Waals surface area contributed by atoms with E-state index >= 15 is 0 Å². The Hall–Kier alpha value is 0.420. The molecule has 0 rings (SSSR count). The highest BCUT2D eigenvalue weighted by Gasteiger charge is 2.00. The van der Waals surface area contributed by atoms with Crippen molar-refractivity contribution in [2.45, 2.75) is 0 Å². The van der Waals surface area contributed by atoms with E-state index in [-0.39, 0.29) is 19.6 Å². The molecule has 0 spiro atoms. The Kier molecular flexibility index (Phi) is 10.2. The molecular weight excluding hydrogens is 141 g/mol. The average Bonchev–Trinajstić information content (AvgIpc) is 0.722. The van der Waals surface area contributed by atoms with Gasteiger partial charge in [-0.2, -0.15) is 0 Å². The monoisotopic (exact) mass is 145 g/mol. The van der Waals surface area contributed by atoms with Crippen LogP contribution in [-0.2, 0) is 18.1 Å². The maximum absolute atomic E-state index is 8.66. The molecular formula is H4NO4PS. The second-order valence-corrected chi connectivity index (χ2v) is 1.41. The van der Waals surface area contributed by atoms with Gasteiger partial charge in [0, 0.05) is 0 Å². The minimum Gasteiger partial charge on any atom is -0.790 e. The summed E-state index contributed by atoms with van der Waals surface area (Å²) >= 11 is 0. The lowest BCUT2D eigenvalue weighted by molar-refractivity contribution is -0.337. The molecule has 0 aromatic rings. The second-order valence-electron chi connectivity index (χ2n) is 0.469. The van der Waals surface area contributed by atoms with E-state index in [1.807, 2.05) is 0 Å². The Morgan fingerprint density at radius 2 is 1.43 bits per heavy atom. The topological polar surface area (TPSA) is 118 Å². The molecule has 0 amide bonds. The van der Waals surface area contributed by atoms with Crippen LogP contribution in [0.4, 0.5) is 0 Å². The van der Waals surface area contributed by atoms with Crippen LogP contribution in [-0.4, -0.2) is 4.89 Å². The summed E-state index contributed by atoms with van der Waals surface area (Å²) in [6, 6.07) is 0. The molecule has 5 nitrogen and oxygen atoms in total. The summed E-state index contributed by atoms with van der Waals surface area (Å²) in [6.45, 7) is 0. The molecule has 4 radical (unpaired) electrons. The zero-order chi connectivity index (χ0) is 4.50. The Bertz CT molecular complexity index is 57.8. The molecule has 7 heteroatoms. The average molecular weight is 145 g/mol. The molecule has 0 saturated carbocycles. The summed E-state index contributed by atoms with van der Waals surface area (Å²) in [5.41, 5.74) is 0. The lowest BCUT2D eigenvalue weighted by atomic mass is 14.0. The molecule has 0 aliphatic heterocycles.